The molecule has 1 aromatic carbocycles. The number of piperidine rings is 1. The Morgan fingerprint density at radius 3 is 2.57 bits per heavy atom. The fraction of sp³-hybridized carbons (Fsp3) is 0.649. The van der Waals surface area contributed by atoms with Crippen LogP contribution in [0.15, 0.2) is 49.1 Å². The molecule has 250 valence electrons. The number of benzene rings is 1. The molecule has 2 saturated heterocycles. The second kappa shape index (κ2) is 16.2. The number of ether oxygens (including phenoxy) is 1. The smallest absolute Gasteiger partial charge is 0.306 e. The lowest BCUT2D eigenvalue weighted by molar-refractivity contribution is -0.143. The number of nitrogens with zero attached hydrogens (tertiary/aromatic N) is 5. The number of H-pyrrole nitrogens is 1. The summed E-state index contributed by atoms with van der Waals surface area (Å²) in [5.41, 5.74) is 2.91. The first-order valence-corrected chi connectivity index (χ1v) is 18.0. The van der Waals surface area contributed by atoms with Crippen LogP contribution in [0.2, 0.25) is 0 Å². The normalized spacial score (nSPS) is 19.9. The van der Waals surface area contributed by atoms with E-state index in [0.29, 0.717) is 24.9 Å². The lowest BCUT2D eigenvalue weighted by Gasteiger charge is -2.44. The maximum atomic E-state index is 11.7. The van der Waals surface area contributed by atoms with Crippen molar-refractivity contribution in [3.63, 3.8) is 0 Å². The van der Waals surface area contributed by atoms with Crippen LogP contribution in [-0.4, -0.2) is 80.7 Å². The van der Waals surface area contributed by atoms with Crippen LogP contribution in [0.5, 0.6) is 0 Å². The van der Waals surface area contributed by atoms with Crippen LogP contribution in [-0.2, 0) is 35.5 Å². The van der Waals surface area contributed by atoms with Crippen molar-refractivity contribution in [2.75, 3.05) is 39.3 Å². The molecular weight excluding hydrogens is 574 g/mol. The summed E-state index contributed by atoms with van der Waals surface area (Å²) in [7, 11) is 0. The van der Waals surface area contributed by atoms with Gasteiger partial charge in [-0.3, -0.25) is 4.79 Å². The van der Waals surface area contributed by atoms with Gasteiger partial charge in [-0.15, -0.1) is 0 Å². The van der Waals surface area contributed by atoms with E-state index in [-0.39, 0.29) is 12.0 Å². The summed E-state index contributed by atoms with van der Waals surface area (Å²) >= 11 is 0. The Hall–Kier alpha value is -3.01. The molecule has 2 aliphatic heterocycles. The third-order valence-electron chi connectivity index (χ3n) is 10.9. The van der Waals surface area contributed by atoms with Crippen molar-refractivity contribution in [1.82, 2.24) is 34.6 Å². The molecule has 9 nitrogen and oxygen atoms in total. The largest absolute Gasteiger partial charge is 0.466 e. The molecule has 0 bridgehead atoms. The summed E-state index contributed by atoms with van der Waals surface area (Å²) in [6.45, 7) is 10.4. The molecule has 3 aromatic rings. The van der Waals surface area contributed by atoms with E-state index in [9.17, 15) is 4.79 Å². The summed E-state index contributed by atoms with van der Waals surface area (Å²) in [6.07, 6.45) is 22.2. The summed E-state index contributed by atoms with van der Waals surface area (Å²) in [6, 6.07) is 9.38. The standard InChI is InChI=1S/C37H55N7O2/c1-2-46-35(45)14-13-30-9-11-31(12-10-30)28-41-33(36-39-18-19-40-36)27-34-38-20-26-44(34)22-6-21-42-23-15-37(29-42)16-24-43(25-17-37)32-7-4-3-5-8-32/h9-12,18-20,26,32-33,41H,2-8,13-17,21-25,27-29H2,1H3,(H,39,40). The number of aromatic nitrogens is 4. The average molecular weight is 630 g/mol. The Bertz CT molecular complexity index is 1320. The number of hydrogen-bond donors (Lipinski definition) is 2. The lowest BCUT2D eigenvalue weighted by atomic mass is 9.77. The molecule has 6 rings (SSSR count). The zero-order valence-corrected chi connectivity index (χ0v) is 28.0. The molecule has 1 unspecified atom stereocenters. The van der Waals surface area contributed by atoms with E-state index in [1.54, 1.807) is 0 Å². The number of aromatic amines is 1. The van der Waals surface area contributed by atoms with E-state index >= 15 is 0 Å². The minimum absolute atomic E-state index is 0.0255. The van der Waals surface area contributed by atoms with E-state index in [0.717, 1.165) is 49.2 Å². The first-order valence-electron chi connectivity index (χ1n) is 18.0. The molecule has 2 N–H and O–H groups in total. The van der Waals surface area contributed by atoms with Crippen LogP contribution in [0.4, 0.5) is 0 Å². The third-order valence-corrected chi connectivity index (χ3v) is 10.9. The fourth-order valence-corrected chi connectivity index (χ4v) is 8.10. The Labute approximate surface area is 275 Å². The van der Waals surface area contributed by atoms with Gasteiger partial charge in [0.05, 0.1) is 12.6 Å². The Morgan fingerprint density at radius 2 is 1.80 bits per heavy atom. The molecule has 1 atom stereocenters. The molecule has 4 heterocycles. The van der Waals surface area contributed by atoms with Gasteiger partial charge < -0.3 is 29.4 Å². The molecule has 1 spiro atoms. The van der Waals surface area contributed by atoms with Gasteiger partial charge in [-0.2, -0.15) is 0 Å². The van der Waals surface area contributed by atoms with Crippen molar-refractivity contribution < 1.29 is 9.53 Å². The minimum Gasteiger partial charge on any atom is -0.466 e. The second-order valence-electron chi connectivity index (χ2n) is 14.0. The molecule has 46 heavy (non-hydrogen) atoms. The van der Waals surface area contributed by atoms with Crippen molar-refractivity contribution in [3.05, 3.63) is 71.8 Å². The molecule has 3 aliphatic rings. The Balaban J connectivity index is 0.958. The number of aryl methyl sites for hydroxylation is 2. The van der Waals surface area contributed by atoms with Gasteiger partial charge in [0.15, 0.2) is 0 Å². The number of rotatable bonds is 15. The summed E-state index contributed by atoms with van der Waals surface area (Å²) in [5.74, 6) is 1.88. The number of imidazole rings is 2. The number of carbonyl (C=O) groups is 1. The van der Waals surface area contributed by atoms with E-state index in [2.05, 4.69) is 60.1 Å². The predicted molar refractivity (Wildman–Crippen MR) is 181 cm³/mol. The van der Waals surface area contributed by atoms with Gasteiger partial charge in [0.1, 0.15) is 11.6 Å². The van der Waals surface area contributed by atoms with E-state index in [1.165, 1.54) is 89.7 Å². The highest BCUT2D eigenvalue weighted by molar-refractivity contribution is 5.69. The quantitative estimate of drug-likeness (QED) is 0.209. The van der Waals surface area contributed by atoms with Gasteiger partial charge in [0.25, 0.3) is 0 Å². The highest BCUT2D eigenvalue weighted by Crippen LogP contribution is 2.41. The van der Waals surface area contributed by atoms with Crippen molar-refractivity contribution in [2.45, 2.75) is 109 Å². The van der Waals surface area contributed by atoms with Crippen molar-refractivity contribution >= 4 is 5.97 Å². The monoisotopic (exact) mass is 629 g/mol. The van der Waals surface area contributed by atoms with Gasteiger partial charge in [0, 0.05) is 63.3 Å². The zero-order chi connectivity index (χ0) is 31.6. The first-order chi connectivity index (χ1) is 22.6. The van der Waals surface area contributed by atoms with Crippen LogP contribution in [0.1, 0.15) is 99.9 Å². The van der Waals surface area contributed by atoms with Crippen molar-refractivity contribution in [3.8, 4) is 0 Å². The van der Waals surface area contributed by atoms with E-state index in [4.69, 9.17) is 9.72 Å². The number of likely N-dealkylation sites (tertiary alicyclic amines) is 2. The van der Waals surface area contributed by atoms with Crippen molar-refractivity contribution in [1.29, 1.82) is 0 Å². The van der Waals surface area contributed by atoms with Crippen molar-refractivity contribution in [2.24, 2.45) is 5.41 Å². The van der Waals surface area contributed by atoms with E-state index in [1.807, 2.05) is 25.5 Å². The van der Waals surface area contributed by atoms with Crippen LogP contribution in [0.25, 0.3) is 0 Å². The molecule has 0 radical (unpaired) electrons. The number of nitrogens with one attached hydrogen (secondary N) is 2. The van der Waals surface area contributed by atoms with Crippen LogP contribution in [0, 0.1) is 5.41 Å². The number of hydrogen-bond acceptors (Lipinski definition) is 7. The minimum atomic E-state index is -0.141. The van der Waals surface area contributed by atoms with Crippen LogP contribution >= 0.6 is 0 Å². The highest BCUT2D eigenvalue weighted by atomic mass is 16.5. The highest BCUT2D eigenvalue weighted by Gasteiger charge is 2.41. The maximum absolute atomic E-state index is 11.7. The molecule has 1 aliphatic carbocycles. The topological polar surface area (TPSA) is 91.3 Å². The third kappa shape index (κ3) is 8.87. The predicted octanol–water partition coefficient (Wildman–Crippen LogP) is 5.69. The average Bonchev–Trinajstić information content (AvgIpc) is 3.86. The molecule has 3 fully saturated rings. The van der Waals surface area contributed by atoms with E-state index < -0.39 is 0 Å². The molecule has 2 aromatic heterocycles. The van der Waals surface area contributed by atoms with Crippen LogP contribution < -0.4 is 5.32 Å². The van der Waals surface area contributed by atoms with Gasteiger partial charge in [0.2, 0.25) is 0 Å². The Morgan fingerprint density at radius 1 is 1.02 bits per heavy atom. The number of esters is 1. The number of carbonyl (C=O) groups excluding carboxylic acids is 1. The summed E-state index contributed by atoms with van der Waals surface area (Å²) < 4.78 is 7.39. The van der Waals surface area contributed by atoms with Gasteiger partial charge in [-0.1, -0.05) is 43.5 Å². The van der Waals surface area contributed by atoms with Gasteiger partial charge >= 0.3 is 5.97 Å². The summed E-state index contributed by atoms with van der Waals surface area (Å²) in [4.78, 5) is 30.0. The summed E-state index contributed by atoms with van der Waals surface area (Å²) in [5, 5.41) is 3.72. The zero-order valence-electron chi connectivity index (χ0n) is 28.0. The first kappa shape index (κ1) is 32.9. The lowest BCUT2D eigenvalue weighted by Crippen LogP contribution is -2.46. The molecule has 0 amide bonds. The maximum Gasteiger partial charge on any atom is 0.306 e. The molecule has 1 saturated carbocycles. The van der Waals surface area contributed by atoms with Crippen LogP contribution in [0.3, 0.4) is 0 Å². The van der Waals surface area contributed by atoms with Gasteiger partial charge in [-0.25, -0.2) is 9.97 Å². The van der Waals surface area contributed by atoms with Gasteiger partial charge in [-0.05, 0) is 94.6 Å². The molecular formula is C37H55N7O2. The fourth-order valence-electron chi connectivity index (χ4n) is 8.10. The Kier molecular flexibility index (Phi) is 11.6. The molecule has 9 heteroatoms. The SMILES string of the molecule is CCOC(=O)CCc1ccc(CNC(Cc2nccn2CCCN2CCC3(CCN(C4CCCCC4)CC3)C2)c2ncc[nH]2)cc1. The second-order valence-corrected chi connectivity index (χ2v) is 14.0.